The number of pyridine rings is 2. The molecule has 2 aliphatic rings. The number of rotatable bonds is 3. The van der Waals surface area contributed by atoms with Crippen LogP contribution in [0.4, 0.5) is 0 Å². The summed E-state index contributed by atoms with van der Waals surface area (Å²) in [6.45, 7) is 4.51. The van der Waals surface area contributed by atoms with Crippen LogP contribution >= 0.6 is 0 Å². The monoisotopic (exact) mass is 771 g/mol. The number of nitrogens with zero attached hydrogens (tertiary/aromatic N) is 2. The van der Waals surface area contributed by atoms with Crippen molar-refractivity contribution in [2.75, 3.05) is 0 Å². The van der Waals surface area contributed by atoms with Gasteiger partial charge in [-0.1, -0.05) is 85.6 Å². The Balaban J connectivity index is 0.000000220. The quantitative estimate of drug-likeness (QED) is 0.132. The van der Waals surface area contributed by atoms with Crippen LogP contribution in [-0.4, -0.2) is 9.97 Å². The van der Waals surface area contributed by atoms with Crippen molar-refractivity contribution in [2.45, 2.75) is 45.4 Å². The van der Waals surface area contributed by atoms with Gasteiger partial charge in [-0.2, -0.15) is 0 Å². The van der Waals surface area contributed by atoms with Gasteiger partial charge in [-0.25, -0.2) is 0 Å². The molecule has 0 atom stereocenters. The maximum absolute atomic E-state index is 4.88. The minimum Gasteiger partial charge on any atom is -0.305 e. The molecule has 2 aliphatic carbocycles. The average Bonchev–Trinajstić information content (AvgIpc) is 3.11. The molecule has 0 bridgehead atoms. The summed E-state index contributed by atoms with van der Waals surface area (Å²) in [5.74, 6) is 0.533. The molecule has 0 saturated carbocycles. The van der Waals surface area contributed by atoms with E-state index in [9.17, 15) is 0 Å². The van der Waals surface area contributed by atoms with Gasteiger partial charge in [0.1, 0.15) is 0 Å². The molecule has 0 spiro atoms. The van der Waals surface area contributed by atoms with Gasteiger partial charge < -0.3 is 9.97 Å². The Bertz CT molecular complexity index is 2100. The molecular formula is C43H34IrN2-2. The summed E-state index contributed by atoms with van der Waals surface area (Å²) in [5.41, 5.74) is 14.4. The average molecular weight is 771 g/mol. The van der Waals surface area contributed by atoms with Gasteiger partial charge in [0.2, 0.25) is 0 Å². The third kappa shape index (κ3) is 5.49. The summed E-state index contributed by atoms with van der Waals surface area (Å²) in [6.07, 6.45) is 8.17. The minimum atomic E-state index is 0. The van der Waals surface area contributed by atoms with Gasteiger partial charge >= 0.3 is 0 Å². The van der Waals surface area contributed by atoms with Crippen LogP contribution < -0.4 is 0 Å². The van der Waals surface area contributed by atoms with E-state index in [4.69, 9.17) is 4.98 Å². The number of hydrogen-bond donors (Lipinski definition) is 0. The number of fused-ring (bicyclic) bond motifs is 3. The van der Waals surface area contributed by atoms with Gasteiger partial charge in [-0.15, -0.1) is 64.7 Å². The Morgan fingerprint density at radius 2 is 1.41 bits per heavy atom. The predicted molar refractivity (Wildman–Crippen MR) is 186 cm³/mol. The van der Waals surface area contributed by atoms with E-state index in [2.05, 4.69) is 91.6 Å². The maximum atomic E-state index is 4.88. The molecule has 7 aromatic rings. The molecule has 3 heteroatoms. The first-order valence-electron chi connectivity index (χ1n) is 16.0. The fourth-order valence-corrected chi connectivity index (χ4v) is 7.11. The maximum Gasteiger partial charge on any atom is 0.0167 e. The normalized spacial score (nSPS) is 12.7. The van der Waals surface area contributed by atoms with Crippen molar-refractivity contribution in [3.8, 4) is 33.6 Å². The van der Waals surface area contributed by atoms with E-state index in [0.29, 0.717) is 5.92 Å². The molecule has 2 nitrogen and oxygen atoms in total. The minimum absolute atomic E-state index is 0. The molecule has 2 heterocycles. The summed E-state index contributed by atoms with van der Waals surface area (Å²) in [6, 6.07) is 43.5. The van der Waals surface area contributed by atoms with E-state index < -0.39 is 0 Å². The van der Waals surface area contributed by atoms with Crippen LogP contribution in [0.5, 0.6) is 0 Å². The molecular weight excluding hydrogens is 737 g/mol. The third-order valence-corrected chi connectivity index (χ3v) is 9.38. The Labute approximate surface area is 284 Å². The zero-order valence-corrected chi connectivity index (χ0v) is 28.5. The Morgan fingerprint density at radius 1 is 0.609 bits per heavy atom. The summed E-state index contributed by atoms with van der Waals surface area (Å²) in [5, 5.41) is 5.11. The Hall–Kier alpha value is -4.43. The first-order chi connectivity index (χ1) is 22.1. The van der Waals surface area contributed by atoms with Crippen molar-refractivity contribution in [3.63, 3.8) is 0 Å². The van der Waals surface area contributed by atoms with Gasteiger partial charge in [0.25, 0.3) is 0 Å². The van der Waals surface area contributed by atoms with Crippen LogP contribution in [0.25, 0.3) is 55.2 Å². The predicted octanol–water partition coefficient (Wildman–Crippen LogP) is 10.4. The molecule has 0 unspecified atom stereocenters. The summed E-state index contributed by atoms with van der Waals surface area (Å²) in [4.78, 5) is 9.10. The molecule has 46 heavy (non-hydrogen) atoms. The molecule has 5 aromatic carbocycles. The van der Waals surface area contributed by atoms with Crippen LogP contribution in [0.2, 0.25) is 0 Å². The van der Waals surface area contributed by atoms with E-state index in [1.165, 1.54) is 60.5 Å². The standard InChI is InChI=1S/C32H26N.C11H8N.Ir/c1-19(2)22-10-12-27-23(16-22)11-13-29-28(27)14-15-33-32(29)26-17-24-8-6-20-4-3-5-21-7-9-25(18-26)31(24)30(20)21;1-2-6-10(7-3-1)11-8-4-5-9-12-11;/h3-5,10-17,19H,6-9H2,1-2H3;1-6,8-9H;/q2*-1;. The van der Waals surface area contributed by atoms with Gasteiger partial charge in [0, 0.05) is 32.5 Å². The molecule has 0 fully saturated rings. The van der Waals surface area contributed by atoms with Gasteiger partial charge in [0.05, 0.1) is 0 Å². The van der Waals surface area contributed by atoms with Crippen molar-refractivity contribution in [1.29, 1.82) is 0 Å². The van der Waals surface area contributed by atoms with E-state index in [0.717, 1.165) is 48.2 Å². The van der Waals surface area contributed by atoms with E-state index in [-0.39, 0.29) is 20.1 Å². The molecule has 2 aromatic heterocycles. The topological polar surface area (TPSA) is 25.8 Å². The molecule has 0 saturated heterocycles. The van der Waals surface area contributed by atoms with E-state index >= 15 is 0 Å². The summed E-state index contributed by atoms with van der Waals surface area (Å²) < 4.78 is 0. The molecule has 0 N–H and O–H groups in total. The second-order valence-corrected chi connectivity index (χ2v) is 12.5. The van der Waals surface area contributed by atoms with Crippen molar-refractivity contribution in [1.82, 2.24) is 9.97 Å². The van der Waals surface area contributed by atoms with Crippen molar-refractivity contribution in [2.24, 2.45) is 0 Å². The van der Waals surface area contributed by atoms with E-state index in [1.54, 1.807) is 6.20 Å². The van der Waals surface area contributed by atoms with Gasteiger partial charge in [-0.3, -0.25) is 0 Å². The molecule has 0 amide bonds. The SMILES string of the molecule is CC(C)c1ccc2c(ccc3c(-c4[c-]c5c6c(c4)CCc4cccc(c4-6)CC5)nccc32)c1.[Ir].[c-]1ccccc1-c1ccccn1. The zero-order chi connectivity index (χ0) is 30.3. The van der Waals surface area contributed by atoms with Crippen LogP contribution in [0, 0.1) is 12.1 Å². The molecule has 227 valence electrons. The number of aromatic nitrogens is 2. The summed E-state index contributed by atoms with van der Waals surface area (Å²) in [7, 11) is 0. The van der Waals surface area contributed by atoms with Crippen molar-refractivity contribution < 1.29 is 20.1 Å². The first-order valence-corrected chi connectivity index (χ1v) is 16.0. The third-order valence-electron chi connectivity index (χ3n) is 9.38. The second kappa shape index (κ2) is 12.8. The van der Waals surface area contributed by atoms with Crippen molar-refractivity contribution >= 4 is 21.5 Å². The van der Waals surface area contributed by atoms with Crippen LogP contribution in [-0.2, 0) is 45.8 Å². The number of benzene rings is 5. The second-order valence-electron chi connectivity index (χ2n) is 12.5. The zero-order valence-electron chi connectivity index (χ0n) is 26.1. The smallest absolute Gasteiger partial charge is 0.0167 e. The van der Waals surface area contributed by atoms with E-state index in [1.807, 2.05) is 48.7 Å². The number of aryl methyl sites for hydroxylation is 4. The van der Waals surface area contributed by atoms with Crippen LogP contribution in [0.15, 0.2) is 116 Å². The van der Waals surface area contributed by atoms with Crippen LogP contribution in [0.3, 0.4) is 0 Å². The molecule has 0 aliphatic heterocycles. The number of hydrogen-bond acceptors (Lipinski definition) is 2. The summed E-state index contributed by atoms with van der Waals surface area (Å²) >= 11 is 0. The fraction of sp³-hybridized carbons (Fsp3) is 0.163. The first kappa shape index (κ1) is 30.2. The van der Waals surface area contributed by atoms with Crippen LogP contribution in [0.1, 0.15) is 47.6 Å². The fourth-order valence-electron chi connectivity index (χ4n) is 7.11. The van der Waals surface area contributed by atoms with Crippen molar-refractivity contribution in [3.05, 3.63) is 155 Å². The molecule has 9 rings (SSSR count). The Kier molecular flexibility index (Phi) is 8.38. The Morgan fingerprint density at radius 3 is 2.20 bits per heavy atom. The van der Waals surface area contributed by atoms with Gasteiger partial charge in [-0.05, 0) is 93.4 Å². The molecule has 1 radical (unpaired) electrons. The van der Waals surface area contributed by atoms with Gasteiger partial charge in [0.15, 0.2) is 0 Å². The largest absolute Gasteiger partial charge is 0.305 e.